The molecule has 1 N–H and O–H groups in total. The van der Waals surface area contributed by atoms with E-state index >= 15 is 0 Å². The molecule has 0 aromatic carbocycles. The molecule has 23 heavy (non-hydrogen) atoms. The summed E-state index contributed by atoms with van der Waals surface area (Å²) in [5.74, 6) is 0.345. The Morgan fingerprint density at radius 2 is 2.09 bits per heavy atom. The van der Waals surface area contributed by atoms with Gasteiger partial charge in [0, 0.05) is 30.6 Å². The Labute approximate surface area is 142 Å². The third-order valence-corrected chi connectivity index (χ3v) is 6.26. The molecule has 0 aliphatic carbocycles. The van der Waals surface area contributed by atoms with Crippen molar-refractivity contribution in [2.75, 3.05) is 19.3 Å². The molecule has 1 aromatic rings. The minimum Gasteiger partial charge on any atom is -0.347 e. The van der Waals surface area contributed by atoms with Crippen molar-refractivity contribution in [3.05, 3.63) is 16.6 Å². The first-order valence-corrected chi connectivity index (χ1v) is 10.6. The Morgan fingerprint density at radius 1 is 1.43 bits per heavy atom. The fraction of sp³-hybridized carbons (Fsp3) is 0.733. The van der Waals surface area contributed by atoms with Crippen molar-refractivity contribution in [3.8, 4) is 0 Å². The van der Waals surface area contributed by atoms with Gasteiger partial charge < -0.3 is 5.32 Å². The highest BCUT2D eigenvalue weighted by Crippen LogP contribution is 2.25. The lowest BCUT2D eigenvalue weighted by atomic mass is 9.96. The summed E-state index contributed by atoms with van der Waals surface area (Å²) in [4.78, 5) is 16.9. The Balaban J connectivity index is 1.95. The number of aromatic nitrogens is 1. The van der Waals surface area contributed by atoms with Crippen LogP contribution in [0.25, 0.3) is 0 Å². The van der Waals surface area contributed by atoms with Crippen molar-refractivity contribution >= 4 is 27.3 Å². The standard InChI is InChI=1S/C15H25N3O3S2/c1-11(2)10-13(15-16-6-9-22-15)17-14(19)12-4-7-18(8-5-12)23(3,20)21/h6,9,11-13H,4-5,7-8,10H2,1-3H3,(H,17,19). The Bertz CT molecular complexity index is 606. The molecule has 8 heteroatoms. The van der Waals surface area contributed by atoms with Gasteiger partial charge in [0.2, 0.25) is 15.9 Å². The van der Waals surface area contributed by atoms with Crippen molar-refractivity contribution in [3.63, 3.8) is 0 Å². The van der Waals surface area contributed by atoms with Crippen molar-refractivity contribution in [1.29, 1.82) is 0 Å². The molecule has 2 rings (SSSR count). The van der Waals surface area contributed by atoms with Crippen LogP contribution in [0.15, 0.2) is 11.6 Å². The molecule has 1 fully saturated rings. The summed E-state index contributed by atoms with van der Waals surface area (Å²) in [6.45, 7) is 5.08. The van der Waals surface area contributed by atoms with E-state index in [1.54, 1.807) is 17.5 Å². The normalized spacial score (nSPS) is 19.0. The van der Waals surface area contributed by atoms with Crippen LogP contribution in [0.3, 0.4) is 0 Å². The zero-order valence-electron chi connectivity index (χ0n) is 13.9. The first-order valence-electron chi connectivity index (χ1n) is 7.92. The van der Waals surface area contributed by atoms with E-state index in [0.29, 0.717) is 31.8 Å². The molecule has 1 amide bonds. The average Bonchev–Trinajstić information content (AvgIpc) is 2.99. The van der Waals surface area contributed by atoms with Gasteiger partial charge in [-0.3, -0.25) is 4.79 Å². The van der Waals surface area contributed by atoms with E-state index in [2.05, 4.69) is 24.1 Å². The number of carbonyl (C=O) groups is 1. The number of hydrogen-bond acceptors (Lipinski definition) is 5. The largest absolute Gasteiger partial charge is 0.347 e. The summed E-state index contributed by atoms with van der Waals surface area (Å²) in [6, 6.07) is -0.0598. The van der Waals surface area contributed by atoms with E-state index < -0.39 is 10.0 Å². The number of thiazole rings is 1. The van der Waals surface area contributed by atoms with Crippen LogP contribution in [0, 0.1) is 11.8 Å². The Hall–Kier alpha value is -0.990. The Kier molecular flexibility index (Phi) is 6.16. The first kappa shape index (κ1) is 18.4. The summed E-state index contributed by atoms with van der Waals surface area (Å²) in [5.41, 5.74) is 0. The van der Waals surface area contributed by atoms with E-state index in [-0.39, 0.29) is 17.9 Å². The fourth-order valence-electron chi connectivity index (χ4n) is 2.84. The van der Waals surface area contributed by atoms with Gasteiger partial charge in [0.15, 0.2) is 0 Å². The number of sulfonamides is 1. The molecular formula is C15H25N3O3S2. The van der Waals surface area contributed by atoms with Gasteiger partial charge in [-0.2, -0.15) is 0 Å². The minimum atomic E-state index is -3.16. The molecule has 6 nitrogen and oxygen atoms in total. The maximum absolute atomic E-state index is 12.5. The highest BCUT2D eigenvalue weighted by molar-refractivity contribution is 7.88. The lowest BCUT2D eigenvalue weighted by Crippen LogP contribution is -2.43. The smallest absolute Gasteiger partial charge is 0.223 e. The van der Waals surface area contributed by atoms with Gasteiger partial charge in [0.05, 0.1) is 12.3 Å². The van der Waals surface area contributed by atoms with Crippen molar-refractivity contribution in [1.82, 2.24) is 14.6 Å². The number of piperidine rings is 1. The van der Waals surface area contributed by atoms with Crippen LogP contribution in [0.1, 0.15) is 44.2 Å². The zero-order valence-corrected chi connectivity index (χ0v) is 15.5. The maximum Gasteiger partial charge on any atom is 0.223 e. The van der Waals surface area contributed by atoms with E-state index in [4.69, 9.17) is 0 Å². The fourth-order valence-corrected chi connectivity index (χ4v) is 4.42. The van der Waals surface area contributed by atoms with Crippen LogP contribution < -0.4 is 5.32 Å². The number of rotatable bonds is 6. The predicted octanol–water partition coefficient (Wildman–Crippen LogP) is 2.02. The first-order chi connectivity index (χ1) is 10.8. The molecule has 0 bridgehead atoms. The molecule has 130 valence electrons. The molecule has 0 saturated carbocycles. The van der Waals surface area contributed by atoms with Crippen LogP contribution in [0.2, 0.25) is 0 Å². The van der Waals surface area contributed by atoms with E-state index in [9.17, 15) is 13.2 Å². The summed E-state index contributed by atoms with van der Waals surface area (Å²) in [5, 5.41) is 5.96. The van der Waals surface area contributed by atoms with Crippen LogP contribution in [0.4, 0.5) is 0 Å². The molecule has 1 unspecified atom stereocenters. The quantitative estimate of drug-likeness (QED) is 0.843. The van der Waals surface area contributed by atoms with E-state index in [0.717, 1.165) is 11.4 Å². The highest BCUT2D eigenvalue weighted by atomic mass is 32.2. The number of nitrogens with zero attached hydrogens (tertiary/aromatic N) is 2. The molecule has 1 aromatic heterocycles. The summed E-state index contributed by atoms with van der Waals surface area (Å²) >= 11 is 1.55. The second-order valence-corrected chi connectivity index (χ2v) is 9.41. The molecule has 1 aliphatic heterocycles. The van der Waals surface area contributed by atoms with Crippen LogP contribution >= 0.6 is 11.3 Å². The summed E-state index contributed by atoms with van der Waals surface area (Å²) in [6.07, 6.45) is 4.97. The van der Waals surface area contributed by atoms with Gasteiger partial charge in [-0.25, -0.2) is 17.7 Å². The number of carbonyl (C=O) groups excluding carboxylic acids is 1. The number of amides is 1. The van der Waals surface area contributed by atoms with Gasteiger partial charge >= 0.3 is 0 Å². The molecular weight excluding hydrogens is 334 g/mol. The lowest BCUT2D eigenvalue weighted by molar-refractivity contribution is -0.127. The molecule has 1 saturated heterocycles. The monoisotopic (exact) mass is 359 g/mol. The molecule has 2 heterocycles. The molecule has 1 aliphatic rings. The minimum absolute atomic E-state index is 0.0130. The topological polar surface area (TPSA) is 79.4 Å². The van der Waals surface area contributed by atoms with Gasteiger partial charge in [0.25, 0.3) is 0 Å². The SMILES string of the molecule is CC(C)CC(NC(=O)C1CCN(S(C)(=O)=O)CC1)c1nccs1. The number of nitrogens with one attached hydrogen (secondary N) is 1. The van der Waals surface area contributed by atoms with Crippen molar-refractivity contribution in [2.45, 2.75) is 39.2 Å². The maximum atomic E-state index is 12.5. The Morgan fingerprint density at radius 3 is 2.57 bits per heavy atom. The zero-order chi connectivity index (χ0) is 17.0. The summed E-state index contributed by atoms with van der Waals surface area (Å²) in [7, 11) is -3.16. The van der Waals surface area contributed by atoms with Gasteiger partial charge in [-0.15, -0.1) is 11.3 Å². The number of hydrogen-bond donors (Lipinski definition) is 1. The average molecular weight is 360 g/mol. The van der Waals surface area contributed by atoms with Crippen molar-refractivity contribution in [2.24, 2.45) is 11.8 Å². The van der Waals surface area contributed by atoms with Crippen LogP contribution in [0.5, 0.6) is 0 Å². The third-order valence-electron chi connectivity index (χ3n) is 4.07. The lowest BCUT2D eigenvalue weighted by Gasteiger charge is -2.30. The second kappa shape index (κ2) is 7.72. The van der Waals surface area contributed by atoms with E-state index in [1.807, 2.05) is 5.38 Å². The van der Waals surface area contributed by atoms with Gasteiger partial charge in [0.1, 0.15) is 5.01 Å². The molecule has 0 spiro atoms. The van der Waals surface area contributed by atoms with Crippen LogP contribution in [-0.2, 0) is 14.8 Å². The predicted molar refractivity (Wildman–Crippen MR) is 91.6 cm³/mol. The van der Waals surface area contributed by atoms with Crippen molar-refractivity contribution < 1.29 is 13.2 Å². The van der Waals surface area contributed by atoms with E-state index in [1.165, 1.54) is 10.6 Å². The van der Waals surface area contributed by atoms with Gasteiger partial charge in [-0.1, -0.05) is 13.8 Å². The van der Waals surface area contributed by atoms with Gasteiger partial charge in [-0.05, 0) is 25.2 Å². The highest BCUT2D eigenvalue weighted by Gasteiger charge is 2.30. The molecule has 1 atom stereocenters. The third kappa shape index (κ3) is 5.26. The summed E-state index contributed by atoms with van der Waals surface area (Å²) < 4.78 is 24.5. The second-order valence-electron chi connectivity index (χ2n) is 6.50. The molecule has 0 radical (unpaired) electrons. The van der Waals surface area contributed by atoms with Crippen LogP contribution in [-0.4, -0.2) is 43.0 Å².